The molecule has 0 spiro atoms. The van der Waals surface area contributed by atoms with Crippen LogP contribution in [0.25, 0.3) is 0 Å². The summed E-state index contributed by atoms with van der Waals surface area (Å²) >= 11 is 1.23. The van der Waals surface area contributed by atoms with Gasteiger partial charge in [-0.25, -0.2) is 14.6 Å². The number of aromatic amines is 1. The van der Waals surface area contributed by atoms with Gasteiger partial charge >= 0.3 is 5.69 Å². The molecule has 0 radical (unpaired) electrons. The highest BCUT2D eigenvalue weighted by Gasteiger charge is 2.13. The first kappa shape index (κ1) is 19.0. The van der Waals surface area contributed by atoms with Crippen LogP contribution >= 0.6 is 11.8 Å². The fourth-order valence-electron chi connectivity index (χ4n) is 2.63. The van der Waals surface area contributed by atoms with Crippen molar-refractivity contribution in [1.29, 1.82) is 0 Å². The van der Waals surface area contributed by atoms with Gasteiger partial charge < -0.3 is 5.32 Å². The van der Waals surface area contributed by atoms with Gasteiger partial charge in [-0.1, -0.05) is 42.1 Å². The SMILES string of the molecule is CC(C)n1nccc1NC(=O)CSc1n[nH]c(=O)n1CCc1ccccc1. The van der Waals surface area contributed by atoms with Crippen LogP contribution in [0.4, 0.5) is 5.82 Å². The number of rotatable bonds is 8. The molecule has 0 bridgehead atoms. The summed E-state index contributed by atoms with van der Waals surface area (Å²) in [5.41, 5.74) is 0.868. The lowest BCUT2D eigenvalue weighted by Gasteiger charge is -2.11. The summed E-state index contributed by atoms with van der Waals surface area (Å²) in [5, 5.41) is 14.0. The van der Waals surface area contributed by atoms with Crippen LogP contribution in [0.3, 0.4) is 0 Å². The molecule has 0 saturated heterocycles. The van der Waals surface area contributed by atoms with Gasteiger partial charge in [0.15, 0.2) is 5.16 Å². The predicted octanol–water partition coefficient (Wildman–Crippen LogP) is 2.32. The molecule has 3 rings (SSSR count). The summed E-state index contributed by atoms with van der Waals surface area (Å²) < 4.78 is 3.30. The third-order valence-electron chi connectivity index (χ3n) is 3.95. The Hall–Kier alpha value is -2.81. The van der Waals surface area contributed by atoms with E-state index in [1.807, 2.05) is 44.2 Å². The Labute approximate surface area is 161 Å². The Bertz CT molecular complexity index is 944. The van der Waals surface area contributed by atoms with Crippen molar-refractivity contribution in [2.24, 2.45) is 0 Å². The van der Waals surface area contributed by atoms with Crippen LogP contribution in [0.15, 0.2) is 52.5 Å². The Morgan fingerprint density at radius 3 is 2.78 bits per heavy atom. The normalized spacial score (nSPS) is 11.1. The first-order valence-corrected chi connectivity index (χ1v) is 9.68. The first-order valence-electron chi connectivity index (χ1n) is 8.70. The maximum atomic E-state index is 12.3. The Balaban J connectivity index is 1.59. The number of hydrogen-bond donors (Lipinski definition) is 2. The highest BCUT2D eigenvalue weighted by Crippen LogP contribution is 2.16. The van der Waals surface area contributed by atoms with E-state index in [2.05, 4.69) is 20.6 Å². The fourth-order valence-corrected chi connectivity index (χ4v) is 3.40. The Morgan fingerprint density at radius 1 is 1.26 bits per heavy atom. The monoisotopic (exact) mass is 386 g/mol. The highest BCUT2D eigenvalue weighted by atomic mass is 32.2. The number of nitrogens with one attached hydrogen (secondary N) is 2. The van der Waals surface area contributed by atoms with Crippen molar-refractivity contribution in [2.45, 2.75) is 38.0 Å². The van der Waals surface area contributed by atoms with Gasteiger partial charge in [-0.15, -0.1) is 5.10 Å². The van der Waals surface area contributed by atoms with Crippen LogP contribution in [0.5, 0.6) is 0 Å². The molecule has 27 heavy (non-hydrogen) atoms. The van der Waals surface area contributed by atoms with Gasteiger partial charge in [-0.05, 0) is 25.8 Å². The smallest absolute Gasteiger partial charge is 0.310 e. The number of carbonyl (C=O) groups excluding carboxylic acids is 1. The molecule has 2 N–H and O–H groups in total. The third-order valence-corrected chi connectivity index (χ3v) is 4.93. The quantitative estimate of drug-likeness (QED) is 0.579. The molecule has 0 aliphatic heterocycles. The molecule has 0 atom stereocenters. The van der Waals surface area contributed by atoms with E-state index in [4.69, 9.17) is 0 Å². The van der Waals surface area contributed by atoms with Gasteiger partial charge in [-0.2, -0.15) is 5.10 Å². The van der Waals surface area contributed by atoms with E-state index in [0.717, 1.165) is 5.56 Å². The maximum Gasteiger partial charge on any atom is 0.343 e. The number of hydrogen-bond acceptors (Lipinski definition) is 5. The third kappa shape index (κ3) is 4.88. The Kier molecular flexibility index (Phi) is 6.12. The van der Waals surface area contributed by atoms with E-state index >= 15 is 0 Å². The largest absolute Gasteiger partial charge is 0.343 e. The number of benzene rings is 1. The number of aryl methyl sites for hydroxylation is 1. The van der Waals surface area contributed by atoms with Gasteiger partial charge in [0, 0.05) is 18.7 Å². The lowest BCUT2D eigenvalue weighted by atomic mass is 10.1. The van der Waals surface area contributed by atoms with Gasteiger partial charge in [0.2, 0.25) is 5.91 Å². The van der Waals surface area contributed by atoms with E-state index in [-0.39, 0.29) is 23.4 Å². The minimum atomic E-state index is -0.272. The molecule has 1 aromatic carbocycles. The molecule has 1 amide bonds. The molecular weight excluding hydrogens is 364 g/mol. The molecule has 0 fully saturated rings. The topological polar surface area (TPSA) is 97.6 Å². The van der Waals surface area contributed by atoms with E-state index in [9.17, 15) is 9.59 Å². The molecule has 8 nitrogen and oxygen atoms in total. The summed E-state index contributed by atoms with van der Waals surface area (Å²) in [5.74, 6) is 0.630. The second-order valence-corrected chi connectivity index (χ2v) is 7.23. The zero-order valence-corrected chi connectivity index (χ0v) is 16.1. The van der Waals surface area contributed by atoms with Crippen molar-refractivity contribution in [3.8, 4) is 0 Å². The zero-order valence-electron chi connectivity index (χ0n) is 15.3. The molecule has 2 heterocycles. The van der Waals surface area contributed by atoms with Crippen LogP contribution in [0.1, 0.15) is 25.5 Å². The molecule has 2 aromatic heterocycles. The summed E-state index contributed by atoms with van der Waals surface area (Å²) in [6.07, 6.45) is 2.37. The average molecular weight is 386 g/mol. The molecular formula is C18H22N6O2S. The van der Waals surface area contributed by atoms with Crippen LogP contribution < -0.4 is 11.0 Å². The standard InChI is InChI=1S/C18H22N6O2S/c1-13(2)24-15(8-10-19-24)20-16(25)12-27-18-22-21-17(26)23(18)11-9-14-6-4-3-5-7-14/h3-8,10,13H,9,11-12H2,1-2H3,(H,20,25)(H,21,26). The minimum Gasteiger partial charge on any atom is -0.310 e. The minimum absolute atomic E-state index is 0.150. The molecule has 9 heteroatoms. The first-order chi connectivity index (χ1) is 13.0. The Morgan fingerprint density at radius 2 is 2.04 bits per heavy atom. The van der Waals surface area contributed by atoms with Gasteiger partial charge in [0.1, 0.15) is 5.82 Å². The predicted molar refractivity (Wildman–Crippen MR) is 105 cm³/mol. The van der Waals surface area contributed by atoms with E-state index in [1.165, 1.54) is 11.8 Å². The molecule has 0 aliphatic carbocycles. The van der Waals surface area contributed by atoms with Crippen molar-refractivity contribution in [1.82, 2.24) is 24.5 Å². The van der Waals surface area contributed by atoms with Crippen molar-refractivity contribution in [3.05, 3.63) is 58.6 Å². The lowest BCUT2D eigenvalue weighted by molar-refractivity contribution is -0.113. The van der Waals surface area contributed by atoms with E-state index < -0.39 is 0 Å². The second kappa shape index (κ2) is 8.72. The fraction of sp³-hybridized carbons (Fsp3) is 0.333. The van der Waals surface area contributed by atoms with Gasteiger partial charge in [-0.3, -0.25) is 9.36 Å². The second-order valence-electron chi connectivity index (χ2n) is 6.29. The number of amides is 1. The van der Waals surface area contributed by atoms with E-state index in [0.29, 0.717) is 23.9 Å². The number of thioether (sulfide) groups is 1. The zero-order chi connectivity index (χ0) is 19.2. The van der Waals surface area contributed by atoms with Crippen molar-refractivity contribution in [2.75, 3.05) is 11.1 Å². The molecule has 142 valence electrons. The number of carbonyl (C=O) groups is 1. The highest BCUT2D eigenvalue weighted by molar-refractivity contribution is 7.99. The van der Waals surface area contributed by atoms with Crippen molar-refractivity contribution < 1.29 is 4.79 Å². The summed E-state index contributed by atoms with van der Waals surface area (Å²) in [4.78, 5) is 24.3. The van der Waals surface area contributed by atoms with Crippen LogP contribution in [0, 0.1) is 0 Å². The molecule has 3 aromatic rings. The van der Waals surface area contributed by atoms with Gasteiger partial charge in [0.25, 0.3) is 0 Å². The van der Waals surface area contributed by atoms with E-state index in [1.54, 1.807) is 21.5 Å². The van der Waals surface area contributed by atoms with Gasteiger partial charge in [0.05, 0.1) is 11.9 Å². The number of H-pyrrole nitrogens is 1. The van der Waals surface area contributed by atoms with Crippen LogP contribution in [-0.2, 0) is 17.8 Å². The molecule has 0 unspecified atom stereocenters. The van der Waals surface area contributed by atoms with Crippen molar-refractivity contribution >= 4 is 23.5 Å². The van der Waals surface area contributed by atoms with Crippen LogP contribution in [-0.4, -0.2) is 36.2 Å². The maximum absolute atomic E-state index is 12.3. The number of nitrogens with zero attached hydrogens (tertiary/aromatic N) is 4. The summed E-state index contributed by atoms with van der Waals surface area (Å²) in [6.45, 7) is 4.49. The average Bonchev–Trinajstić information content (AvgIpc) is 3.26. The van der Waals surface area contributed by atoms with Crippen molar-refractivity contribution in [3.63, 3.8) is 0 Å². The molecule has 0 aliphatic rings. The number of anilines is 1. The van der Waals surface area contributed by atoms with Crippen LogP contribution in [0.2, 0.25) is 0 Å². The summed E-state index contributed by atoms with van der Waals surface area (Å²) in [6, 6.07) is 11.8. The molecule has 0 saturated carbocycles. The lowest BCUT2D eigenvalue weighted by Crippen LogP contribution is -2.20. The summed E-state index contributed by atoms with van der Waals surface area (Å²) in [7, 11) is 0. The number of aromatic nitrogens is 5.